The Hall–Kier alpha value is -1.69. The highest BCUT2D eigenvalue weighted by atomic mass is 19.1. The van der Waals surface area contributed by atoms with E-state index in [0.29, 0.717) is 13.0 Å². The molecule has 19 heavy (non-hydrogen) atoms. The lowest BCUT2D eigenvalue weighted by atomic mass is 10.1. The Bertz CT molecular complexity index is 508. The minimum atomic E-state index is -0.884. The van der Waals surface area contributed by atoms with Crippen molar-refractivity contribution in [3.05, 3.63) is 29.3 Å². The van der Waals surface area contributed by atoms with E-state index in [0.717, 1.165) is 12.1 Å². The van der Waals surface area contributed by atoms with Crippen LogP contribution < -0.4 is 5.73 Å². The summed E-state index contributed by atoms with van der Waals surface area (Å²) in [6.45, 7) is 2.40. The normalized spacial score (nSPS) is 22.5. The monoisotopic (exact) mass is 270 g/mol. The van der Waals surface area contributed by atoms with Gasteiger partial charge in [-0.25, -0.2) is 8.78 Å². The molecule has 2 rings (SSSR count). The lowest BCUT2D eigenvalue weighted by molar-refractivity contribution is 0.0570. The third kappa shape index (κ3) is 2.53. The van der Waals surface area contributed by atoms with Crippen molar-refractivity contribution in [1.29, 1.82) is 0 Å². The number of nitrogens with two attached hydrogens (primary N) is 1. The quantitative estimate of drug-likeness (QED) is 0.834. The van der Waals surface area contributed by atoms with Crippen molar-refractivity contribution >= 4 is 11.6 Å². The number of hydrogen-bond donors (Lipinski definition) is 1. The predicted octanol–water partition coefficient (Wildman–Crippen LogP) is 1.80. The molecule has 1 saturated heterocycles. The molecule has 0 radical (unpaired) electrons. The van der Waals surface area contributed by atoms with E-state index >= 15 is 0 Å². The molecule has 0 saturated carbocycles. The number of amides is 1. The van der Waals surface area contributed by atoms with Gasteiger partial charge in [-0.3, -0.25) is 4.79 Å². The molecular formula is C13H16F2N2O2. The Morgan fingerprint density at radius 3 is 2.74 bits per heavy atom. The van der Waals surface area contributed by atoms with Gasteiger partial charge in [-0.1, -0.05) is 0 Å². The minimum Gasteiger partial charge on any atom is -0.396 e. The Morgan fingerprint density at radius 2 is 2.16 bits per heavy atom. The minimum absolute atomic E-state index is 0.122. The molecule has 104 valence electrons. The number of halogens is 2. The van der Waals surface area contributed by atoms with E-state index in [1.807, 2.05) is 6.92 Å². The van der Waals surface area contributed by atoms with E-state index in [9.17, 15) is 13.6 Å². The van der Waals surface area contributed by atoms with Crippen molar-refractivity contribution in [2.75, 3.05) is 19.4 Å². The molecule has 4 nitrogen and oxygen atoms in total. The lowest BCUT2D eigenvalue weighted by Gasteiger charge is -2.27. The smallest absolute Gasteiger partial charge is 0.257 e. The average Bonchev–Trinajstić information content (AvgIpc) is 2.78. The van der Waals surface area contributed by atoms with Crippen molar-refractivity contribution in [2.24, 2.45) is 0 Å². The van der Waals surface area contributed by atoms with Crippen LogP contribution in [0.25, 0.3) is 0 Å². The summed E-state index contributed by atoms with van der Waals surface area (Å²) in [7, 11) is 1.55. The van der Waals surface area contributed by atoms with E-state index in [-0.39, 0.29) is 23.4 Å². The van der Waals surface area contributed by atoms with E-state index in [1.54, 1.807) is 7.05 Å². The Kier molecular flexibility index (Phi) is 3.71. The van der Waals surface area contributed by atoms with Crippen LogP contribution in [0, 0.1) is 11.6 Å². The standard InChI is InChI=1S/C13H16F2N2O2/c1-7-11(3-4-19-7)17(2)13(18)9-5-8(14)6-10(16)12(9)15/h5-7,11H,3-4,16H2,1-2H3. The zero-order valence-electron chi connectivity index (χ0n) is 10.8. The van der Waals surface area contributed by atoms with Crippen molar-refractivity contribution < 1.29 is 18.3 Å². The SMILES string of the molecule is CC1OCCC1N(C)C(=O)c1cc(F)cc(N)c1F. The van der Waals surface area contributed by atoms with Crippen LogP contribution in [0.2, 0.25) is 0 Å². The molecule has 1 aromatic carbocycles. The summed E-state index contributed by atoms with van der Waals surface area (Å²) in [6, 6.07) is 1.58. The van der Waals surface area contributed by atoms with Gasteiger partial charge in [0.05, 0.1) is 23.4 Å². The lowest BCUT2D eigenvalue weighted by Crippen LogP contribution is -2.41. The van der Waals surface area contributed by atoms with Gasteiger partial charge in [-0.15, -0.1) is 0 Å². The van der Waals surface area contributed by atoms with Gasteiger partial charge in [0.1, 0.15) is 5.82 Å². The van der Waals surface area contributed by atoms with Crippen LogP contribution in [0.3, 0.4) is 0 Å². The second-order valence-electron chi connectivity index (χ2n) is 4.70. The van der Waals surface area contributed by atoms with Gasteiger partial charge in [0, 0.05) is 13.7 Å². The molecule has 1 fully saturated rings. The molecule has 0 aliphatic carbocycles. The third-order valence-corrected chi connectivity index (χ3v) is 3.45. The van der Waals surface area contributed by atoms with Crippen LogP contribution in [-0.2, 0) is 4.74 Å². The van der Waals surface area contributed by atoms with Gasteiger partial charge in [0.25, 0.3) is 5.91 Å². The van der Waals surface area contributed by atoms with Crippen LogP contribution in [0.15, 0.2) is 12.1 Å². The molecule has 1 heterocycles. The van der Waals surface area contributed by atoms with Gasteiger partial charge >= 0.3 is 0 Å². The maximum Gasteiger partial charge on any atom is 0.257 e. The molecular weight excluding hydrogens is 254 g/mol. The van der Waals surface area contributed by atoms with Crippen molar-refractivity contribution in [1.82, 2.24) is 4.90 Å². The zero-order valence-corrected chi connectivity index (χ0v) is 10.8. The molecule has 6 heteroatoms. The summed E-state index contributed by atoms with van der Waals surface area (Å²) in [5.74, 6) is -2.21. The third-order valence-electron chi connectivity index (χ3n) is 3.45. The highest BCUT2D eigenvalue weighted by Gasteiger charge is 2.32. The summed E-state index contributed by atoms with van der Waals surface area (Å²) in [4.78, 5) is 13.6. The molecule has 0 bridgehead atoms. The number of ether oxygens (including phenoxy) is 1. The van der Waals surface area contributed by atoms with Crippen molar-refractivity contribution in [2.45, 2.75) is 25.5 Å². The molecule has 2 atom stereocenters. The van der Waals surface area contributed by atoms with Gasteiger partial charge in [0.15, 0.2) is 5.82 Å². The highest BCUT2D eigenvalue weighted by molar-refractivity contribution is 5.95. The summed E-state index contributed by atoms with van der Waals surface area (Å²) in [6.07, 6.45) is 0.554. The molecule has 2 unspecified atom stereocenters. The van der Waals surface area contributed by atoms with Crippen LogP contribution in [0.5, 0.6) is 0 Å². The predicted molar refractivity (Wildman–Crippen MR) is 66.7 cm³/mol. The number of likely N-dealkylation sites (N-methyl/N-ethyl adjacent to an activating group) is 1. The van der Waals surface area contributed by atoms with E-state index < -0.39 is 17.5 Å². The fraction of sp³-hybridized carbons (Fsp3) is 0.462. The maximum absolute atomic E-state index is 13.8. The fourth-order valence-electron chi connectivity index (χ4n) is 2.34. The van der Waals surface area contributed by atoms with Gasteiger partial charge in [0.2, 0.25) is 0 Å². The molecule has 2 N–H and O–H groups in total. The number of benzene rings is 1. The molecule has 1 amide bonds. The number of rotatable bonds is 2. The van der Waals surface area contributed by atoms with Crippen LogP contribution in [0.4, 0.5) is 14.5 Å². The van der Waals surface area contributed by atoms with E-state index in [4.69, 9.17) is 10.5 Å². The van der Waals surface area contributed by atoms with Gasteiger partial charge < -0.3 is 15.4 Å². The topological polar surface area (TPSA) is 55.6 Å². The first kappa shape index (κ1) is 13.7. The number of hydrogen-bond acceptors (Lipinski definition) is 3. The molecule has 0 aromatic heterocycles. The van der Waals surface area contributed by atoms with Gasteiger partial charge in [-0.05, 0) is 25.5 Å². The summed E-state index contributed by atoms with van der Waals surface area (Å²) in [5.41, 5.74) is 4.61. The number of carbonyl (C=O) groups is 1. The summed E-state index contributed by atoms with van der Waals surface area (Å²) >= 11 is 0. The van der Waals surface area contributed by atoms with E-state index in [2.05, 4.69) is 0 Å². The first-order valence-electron chi connectivity index (χ1n) is 6.05. The summed E-state index contributed by atoms with van der Waals surface area (Å²) < 4.78 is 32.4. The van der Waals surface area contributed by atoms with Crippen LogP contribution in [0.1, 0.15) is 23.7 Å². The average molecular weight is 270 g/mol. The summed E-state index contributed by atoms with van der Waals surface area (Å²) in [5, 5.41) is 0. The highest BCUT2D eigenvalue weighted by Crippen LogP contribution is 2.23. The molecule has 1 aliphatic heterocycles. The number of nitrogens with zero attached hydrogens (tertiary/aromatic N) is 1. The first-order valence-corrected chi connectivity index (χ1v) is 6.05. The second-order valence-corrected chi connectivity index (χ2v) is 4.70. The number of carbonyl (C=O) groups excluding carboxylic acids is 1. The largest absolute Gasteiger partial charge is 0.396 e. The zero-order chi connectivity index (χ0) is 14.2. The van der Waals surface area contributed by atoms with Crippen molar-refractivity contribution in [3.63, 3.8) is 0 Å². The Balaban J connectivity index is 2.29. The van der Waals surface area contributed by atoms with E-state index in [1.165, 1.54) is 4.90 Å². The van der Waals surface area contributed by atoms with Crippen LogP contribution in [-0.4, -0.2) is 36.6 Å². The first-order chi connectivity index (χ1) is 8.91. The van der Waals surface area contributed by atoms with Crippen molar-refractivity contribution in [3.8, 4) is 0 Å². The second kappa shape index (κ2) is 5.13. The Labute approximate surface area is 110 Å². The molecule has 1 aliphatic rings. The maximum atomic E-state index is 13.8. The molecule has 1 aromatic rings. The Morgan fingerprint density at radius 1 is 1.47 bits per heavy atom. The fourth-order valence-corrected chi connectivity index (χ4v) is 2.34. The van der Waals surface area contributed by atoms with Gasteiger partial charge in [-0.2, -0.15) is 0 Å². The van der Waals surface area contributed by atoms with Crippen LogP contribution >= 0.6 is 0 Å². The number of nitrogen functional groups attached to an aromatic ring is 1. The number of anilines is 1. The molecule has 0 spiro atoms.